The van der Waals surface area contributed by atoms with Gasteiger partial charge in [-0.05, 0) is 60.6 Å². The van der Waals surface area contributed by atoms with Crippen LogP contribution in [0.3, 0.4) is 0 Å². The zero-order valence-electron chi connectivity index (χ0n) is 15.1. The van der Waals surface area contributed by atoms with Crippen LogP contribution in [0.15, 0.2) is 24.3 Å². The smallest absolute Gasteiger partial charge is 0.119 e. The number of benzene rings is 1. The monoisotopic (exact) mass is 341 g/mol. The summed E-state index contributed by atoms with van der Waals surface area (Å²) in [7, 11) is 1.76. The molecule has 2 nitrogen and oxygen atoms in total. The van der Waals surface area contributed by atoms with Gasteiger partial charge in [-0.2, -0.15) is 0 Å². The average molecular weight is 342 g/mol. The summed E-state index contributed by atoms with van der Waals surface area (Å²) < 4.78 is 5.42. The van der Waals surface area contributed by atoms with Gasteiger partial charge in [0, 0.05) is 34.8 Å². The zero-order valence-corrected chi connectivity index (χ0v) is 16.0. The molecule has 3 heterocycles. The Labute approximate surface area is 149 Å². The summed E-state index contributed by atoms with van der Waals surface area (Å²) in [4.78, 5) is 5.89. The number of hydrogen-bond acceptors (Lipinski definition) is 3. The highest BCUT2D eigenvalue weighted by molar-refractivity contribution is 7.12. The molecular formula is C21H27NOS. The van der Waals surface area contributed by atoms with Crippen molar-refractivity contribution >= 4 is 11.3 Å². The fraction of sp³-hybridized carbons (Fsp3) is 0.524. The predicted molar refractivity (Wildman–Crippen MR) is 101 cm³/mol. The Kier molecular flexibility index (Phi) is 4.17. The van der Waals surface area contributed by atoms with Crippen LogP contribution < -0.4 is 4.74 Å². The van der Waals surface area contributed by atoms with E-state index in [0.29, 0.717) is 12.1 Å². The van der Waals surface area contributed by atoms with Crippen molar-refractivity contribution < 1.29 is 4.74 Å². The molecule has 2 aliphatic heterocycles. The lowest BCUT2D eigenvalue weighted by atomic mass is 9.84. The number of thiophene rings is 1. The van der Waals surface area contributed by atoms with Crippen LogP contribution in [0.1, 0.15) is 59.3 Å². The van der Waals surface area contributed by atoms with Gasteiger partial charge in [-0.25, -0.2) is 0 Å². The standard InChI is InChI=1S/C21H27NOS/c1-13(2)9-17-11-19-14(3)22-8-7-15-10-16(23-4)5-6-18(15)20(22)12-21(19)24-17/h5-6,10-11,13-14,20H,7-9,12H2,1-4H3. The van der Waals surface area contributed by atoms with Crippen molar-refractivity contribution in [3.63, 3.8) is 0 Å². The number of methoxy groups -OCH3 is 1. The number of fused-ring (bicyclic) bond motifs is 4. The van der Waals surface area contributed by atoms with E-state index in [1.807, 2.05) is 0 Å². The lowest BCUT2D eigenvalue weighted by Gasteiger charge is -2.44. The molecule has 0 amide bonds. The molecule has 0 saturated heterocycles. The van der Waals surface area contributed by atoms with E-state index in [4.69, 9.17) is 4.74 Å². The second kappa shape index (κ2) is 6.20. The van der Waals surface area contributed by atoms with Crippen LogP contribution in [0.5, 0.6) is 5.75 Å². The summed E-state index contributed by atoms with van der Waals surface area (Å²) in [5.41, 5.74) is 4.58. The van der Waals surface area contributed by atoms with Crippen LogP contribution >= 0.6 is 11.3 Å². The molecule has 2 unspecified atom stereocenters. The van der Waals surface area contributed by atoms with Crippen LogP contribution in [-0.2, 0) is 19.3 Å². The largest absolute Gasteiger partial charge is 0.497 e. The summed E-state index contributed by atoms with van der Waals surface area (Å²) in [5, 5.41) is 0. The number of hydrogen-bond donors (Lipinski definition) is 0. The fourth-order valence-corrected chi connectivity index (χ4v) is 5.90. The van der Waals surface area contributed by atoms with Crippen molar-refractivity contribution in [1.29, 1.82) is 0 Å². The van der Waals surface area contributed by atoms with E-state index in [2.05, 4.69) is 61.3 Å². The van der Waals surface area contributed by atoms with Crippen LogP contribution in [0.25, 0.3) is 0 Å². The summed E-state index contributed by atoms with van der Waals surface area (Å²) in [5.74, 6) is 1.72. The van der Waals surface area contributed by atoms with Crippen LogP contribution in [0, 0.1) is 5.92 Å². The number of nitrogens with zero attached hydrogens (tertiary/aromatic N) is 1. The van der Waals surface area contributed by atoms with Gasteiger partial charge in [-0.1, -0.05) is 19.9 Å². The molecule has 0 fully saturated rings. The molecule has 3 heteroatoms. The van der Waals surface area contributed by atoms with Crippen molar-refractivity contribution in [2.75, 3.05) is 13.7 Å². The minimum Gasteiger partial charge on any atom is -0.497 e. The zero-order chi connectivity index (χ0) is 16.8. The Hall–Kier alpha value is -1.32. The Morgan fingerprint density at radius 2 is 2.08 bits per heavy atom. The quantitative estimate of drug-likeness (QED) is 0.763. The van der Waals surface area contributed by atoms with Crippen molar-refractivity contribution in [2.24, 2.45) is 5.92 Å². The van der Waals surface area contributed by atoms with Gasteiger partial charge >= 0.3 is 0 Å². The Bertz CT molecular complexity index is 748. The van der Waals surface area contributed by atoms with Gasteiger partial charge in [-0.15, -0.1) is 11.3 Å². The fourth-order valence-electron chi connectivity index (χ4n) is 4.40. The lowest BCUT2D eigenvalue weighted by Crippen LogP contribution is -2.41. The molecule has 0 bridgehead atoms. The average Bonchev–Trinajstić information content (AvgIpc) is 2.96. The van der Waals surface area contributed by atoms with Gasteiger partial charge in [0.25, 0.3) is 0 Å². The third-order valence-corrected chi connectivity index (χ3v) is 6.77. The highest BCUT2D eigenvalue weighted by Gasteiger charge is 2.37. The molecule has 4 rings (SSSR count). The van der Waals surface area contributed by atoms with E-state index in [1.54, 1.807) is 22.4 Å². The maximum Gasteiger partial charge on any atom is 0.119 e. The van der Waals surface area contributed by atoms with Gasteiger partial charge in [0.15, 0.2) is 0 Å². The number of ether oxygens (including phenoxy) is 1. The second-order valence-corrected chi connectivity index (χ2v) is 8.86. The summed E-state index contributed by atoms with van der Waals surface area (Å²) in [6.07, 6.45) is 3.51. The summed E-state index contributed by atoms with van der Waals surface area (Å²) in [6, 6.07) is 10.2. The molecule has 0 radical (unpaired) electrons. The first-order valence-corrected chi connectivity index (χ1v) is 9.92. The first-order valence-electron chi connectivity index (χ1n) is 9.11. The lowest BCUT2D eigenvalue weighted by molar-refractivity contribution is 0.119. The highest BCUT2D eigenvalue weighted by Crippen LogP contribution is 2.46. The predicted octanol–water partition coefficient (Wildman–Crippen LogP) is 5.17. The normalized spacial score (nSPS) is 22.9. The van der Waals surface area contributed by atoms with E-state index < -0.39 is 0 Å². The molecule has 2 atom stereocenters. The Morgan fingerprint density at radius 1 is 1.25 bits per heavy atom. The van der Waals surface area contributed by atoms with Gasteiger partial charge in [0.2, 0.25) is 0 Å². The molecule has 2 aromatic rings. The van der Waals surface area contributed by atoms with Crippen LogP contribution in [0.4, 0.5) is 0 Å². The molecule has 0 N–H and O–H groups in total. The van der Waals surface area contributed by atoms with Gasteiger partial charge in [0.05, 0.1) is 7.11 Å². The van der Waals surface area contributed by atoms with Gasteiger partial charge < -0.3 is 4.74 Å². The van der Waals surface area contributed by atoms with E-state index in [-0.39, 0.29) is 0 Å². The minimum atomic E-state index is 0.533. The van der Waals surface area contributed by atoms with Crippen LogP contribution in [0.2, 0.25) is 0 Å². The molecular weight excluding hydrogens is 314 g/mol. The van der Waals surface area contributed by atoms with E-state index in [1.165, 1.54) is 24.0 Å². The van der Waals surface area contributed by atoms with Crippen LogP contribution in [-0.4, -0.2) is 18.6 Å². The first-order chi connectivity index (χ1) is 11.6. The van der Waals surface area contributed by atoms with Gasteiger partial charge in [0.1, 0.15) is 5.75 Å². The highest BCUT2D eigenvalue weighted by atomic mass is 32.1. The molecule has 1 aromatic heterocycles. The van der Waals surface area contributed by atoms with Gasteiger partial charge in [-0.3, -0.25) is 4.90 Å². The maximum absolute atomic E-state index is 5.42. The van der Waals surface area contributed by atoms with E-state index in [0.717, 1.165) is 24.6 Å². The molecule has 0 spiro atoms. The van der Waals surface area contributed by atoms with E-state index >= 15 is 0 Å². The molecule has 0 saturated carbocycles. The molecule has 128 valence electrons. The Morgan fingerprint density at radius 3 is 2.83 bits per heavy atom. The molecule has 2 aliphatic rings. The molecule has 0 aliphatic carbocycles. The summed E-state index contributed by atoms with van der Waals surface area (Å²) >= 11 is 2.05. The topological polar surface area (TPSA) is 12.5 Å². The van der Waals surface area contributed by atoms with Crippen molar-refractivity contribution in [2.45, 2.75) is 52.1 Å². The molecule has 24 heavy (non-hydrogen) atoms. The van der Waals surface area contributed by atoms with E-state index in [9.17, 15) is 0 Å². The minimum absolute atomic E-state index is 0.533. The van der Waals surface area contributed by atoms with Crippen molar-refractivity contribution in [1.82, 2.24) is 4.90 Å². The first kappa shape index (κ1) is 16.2. The third kappa shape index (κ3) is 2.68. The maximum atomic E-state index is 5.42. The second-order valence-electron chi connectivity index (χ2n) is 7.64. The third-order valence-electron chi connectivity index (χ3n) is 5.58. The Balaban J connectivity index is 1.69. The number of rotatable bonds is 3. The van der Waals surface area contributed by atoms with Crippen molar-refractivity contribution in [3.8, 4) is 5.75 Å². The SMILES string of the molecule is COc1ccc2c(c1)CCN1C(C)c3cc(CC(C)C)sc3CC21. The van der Waals surface area contributed by atoms with Crippen molar-refractivity contribution in [3.05, 3.63) is 50.7 Å². The molecule has 1 aromatic carbocycles. The summed E-state index contributed by atoms with van der Waals surface area (Å²) in [6.45, 7) is 8.18.